The van der Waals surface area contributed by atoms with Crippen LogP contribution in [0.5, 0.6) is 11.5 Å². The van der Waals surface area contributed by atoms with Gasteiger partial charge in [0.05, 0.1) is 13.2 Å². The molecular weight excluding hydrogens is 394 g/mol. The summed E-state index contributed by atoms with van der Waals surface area (Å²) in [4.78, 5) is 12.5. The van der Waals surface area contributed by atoms with E-state index in [9.17, 15) is 15.0 Å². The molecule has 31 heavy (non-hydrogen) atoms. The normalized spacial score (nSPS) is 13.1. The van der Waals surface area contributed by atoms with E-state index in [-0.39, 0.29) is 30.5 Å². The van der Waals surface area contributed by atoms with Crippen molar-refractivity contribution in [2.24, 2.45) is 11.7 Å². The first-order valence-electron chi connectivity index (χ1n) is 10.9. The Balaban J connectivity index is 2.09. The van der Waals surface area contributed by atoms with Gasteiger partial charge in [0.25, 0.3) is 0 Å². The zero-order chi connectivity index (χ0) is 22.8. The molecule has 170 valence electrons. The van der Waals surface area contributed by atoms with E-state index < -0.39 is 6.10 Å². The number of aliphatic hydroxyl groups excluding tert-OH is 2. The fourth-order valence-corrected chi connectivity index (χ4v) is 3.90. The third-order valence-corrected chi connectivity index (χ3v) is 5.57. The van der Waals surface area contributed by atoms with Gasteiger partial charge in [-0.15, -0.1) is 0 Å². The third kappa shape index (κ3) is 7.35. The zero-order valence-corrected chi connectivity index (χ0v) is 18.5. The first kappa shape index (κ1) is 24.9. The summed E-state index contributed by atoms with van der Waals surface area (Å²) < 4.78 is 5.46. The van der Waals surface area contributed by atoms with E-state index in [1.165, 1.54) is 7.11 Å². The van der Waals surface area contributed by atoms with Gasteiger partial charge in [-0.3, -0.25) is 4.79 Å². The quantitative estimate of drug-likeness (QED) is 0.387. The van der Waals surface area contributed by atoms with Crippen molar-refractivity contribution in [1.82, 2.24) is 0 Å². The molecule has 0 aliphatic heterocycles. The Bertz CT molecular complexity index is 835. The number of hydrogen-bond donors (Lipinski definition) is 4. The van der Waals surface area contributed by atoms with Gasteiger partial charge in [-0.25, -0.2) is 0 Å². The summed E-state index contributed by atoms with van der Waals surface area (Å²) in [5, 5.41) is 29.4. The highest BCUT2D eigenvalue weighted by Gasteiger charge is 2.18. The summed E-state index contributed by atoms with van der Waals surface area (Å²) in [7, 11) is 1.51. The van der Waals surface area contributed by atoms with Crippen molar-refractivity contribution in [3.8, 4) is 22.6 Å². The number of rotatable bonds is 13. The minimum atomic E-state index is -0.668. The maximum atomic E-state index is 12.5. The molecule has 0 spiro atoms. The van der Waals surface area contributed by atoms with Crippen LogP contribution in [0.2, 0.25) is 0 Å². The van der Waals surface area contributed by atoms with Gasteiger partial charge >= 0.3 is 0 Å². The first-order chi connectivity index (χ1) is 14.9. The van der Waals surface area contributed by atoms with Crippen LogP contribution in [0.3, 0.4) is 0 Å². The third-order valence-electron chi connectivity index (χ3n) is 5.57. The molecular formula is C25H35NO5. The Labute approximate surface area is 184 Å². The Kier molecular flexibility index (Phi) is 9.98. The van der Waals surface area contributed by atoms with E-state index in [0.29, 0.717) is 38.0 Å². The summed E-state index contributed by atoms with van der Waals surface area (Å²) in [6.07, 6.45) is 2.33. The molecule has 2 rings (SSSR count). The lowest BCUT2D eigenvalue weighted by molar-refractivity contribution is -0.121. The molecule has 0 radical (unpaired) electrons. The molecule has 0 aromatic heterocycles. The lowest BCUT2D eigenvalue weighted by Crippen LogP contribution is -2.17. The zero-order valence-electron chi connectivity index (χ0n) is 18.5. The van der Waals surface area contributed by atoms with Crippen LogP contribution in [0, 0.1) is 5.92 Å². The van der Waals surface area contributed by atoms with Crippen LogP contribution in [-0.4, -0.2) is 40.9 Å². The largest absolute Gasteiger partial charge is 0.504 e. The van der Waals surface area contributed by atoms with Crippen LogP contribution < -0.4 is 10.5 Å². The number of methoxy groups -OCH3 is 1. The molecule has 0 saturated carbocycles. The summed E-state index contributed by atoms with van der Waals surface area (Å²) in [6, 6.07) is 11.1. The predicted molar refractivity (Wildman–Crippen MR) is 122 cm³/mol. The minimum absolute atomic E-state index is 0.00155. The number of aromatic hydroxyl groups is 1. The van der Waals surface area contributed by atoms with Crippen LogP contribution in [0.1, 0.15) is 50.2 Å². The second-order valence-electron chi connectivity index (χ2n) is 8.16. The number of aryl methyl sites for hydroxylation is 1. The van der Waals surface area contributed by atoms with Crippen LogP contribution >= 0.6 is 0 Å². The Morgan fingerprint density at radius 2 is 1.87 bits per heavy atom. The maximum Gasteiger partial charge on any atom is 0.168 e. The van der Waals surface area contributed by atoms with E-state index in [1.807, 2.05) is 37.3 Å². The van der Waals surface area contributed by atoms with Crippen molar-refractivity contribution in [2.75, 3.05) is 13.7 Å². The van der Waals surface area contributed by atoms with E-state index in [1.54, 1.807) is 6.07 Å². The van der Waals surface area contributed by atoms with Gasteiger partial charge in [0.1, 0.15) is 5.78 Å². The number of hydrogen-bond acceptors (Lipinski definition) is 6. The van der Waals surface area contributed by atoms with Crippen molar-refractivity contribution in [3.63, 3.8) is 0 Å². The van der Waals surface area contributed by atoms with E-state index in [0.717, 1.165) is 28.7 Å². The molecule has 0 fully saturated rings. The van der Waals surface area contributed by atoms with Gasteiger partial charge in [0, 0.05) is 31.6 Å². The molecule has 2 aromatic carbocycles. The fraction of sp³-hybridized carbons (Fsp3) is 0.480. The first-order valence-corrected chi connectivity index (χ1v) is 10.9. The highest BCUT2D eigenvalue weighted by molar-refractivity contribution is 5.81. The predicted octanol–water partition coefficient (Wildman–Crippen LogP) is 3.58. The molecule has 6 nitrogen and oxygen atoms in total. The summed E-state index contributed by atoms with van der Waals surface area (Å²) >= 11 is 0. The number of phenols is 1. The van der Waals surface area contributed by atoms with Crippen molar-refractivity contribution < 1.29 is 24.9 Å². The highest BCUT2D eigenvalue weighted by atomic mass is 16.5. The lowest BCUT2D eigenvalue weighted by atomic mass is 9.92. The van der Waals surface area contributed by atoms with Gasteiger partial charge in [-0.05, 0) is 54.4 Å². The number of carbonyl (C=O) groups excluding carboxylic acids is 1. The van der Waals surface area contributed by atoms with Crippen LogP contribution in [0.25, 0.3) is 11.1 Å². The molecule has 0 heterocycles. The topological polar surface area (TPSA) is 113 Å². The Hall–Kier alpha value is -2.41. The monoisotopic (exact) mass is 429 g/mol. The van der Waals surface area contributed by atoms with Crippen molar-refractivity contribution >= 4 is 5.78 Å². The summed E-state index contributed by atoms with van der Waals surface area (Å²) in [5.41, 5.74) is 9.23. The van der Waals surface area contributed by atoms with Gasteiger partial charge in [-0.1, -0.05) is 37.3 Å². The van der Waals surface area contributed by atoms with Crippen molar-refractivity contribution in [1.29, 1.82) is 0 Å². The number of Topliss-reactive ketones (excluding diaryl/α,β-unsaturated/α-hetero) is 1. The molecule has 0 saturated heterocycles. The van der Waals surface area contributed by atoms with Gasteiger partial charge < -0.3 is 25.8 Å². The van der Waals surface area contributed by atoms with E-state index in [4.69, 9.17) is 15.6 Å². The molecule has 6 heteroatoms. The minimum Gasteiger partial charge on any atom is -0.504 e. The second-order valence-corrected chi connectivity index (χ2v) is 8.16. The Morgan fingerprint density at radius 1 is 1.16 bits per heavy atom. The highest BCUT2D eigenvalue weighted by Crippen LogP contribution is 2.40. The smallest absolute Gasteiger partial charge is 0.168 e. The number of ketones is 1. The standard InChI is InChI=1S/C25H35NO5/c1-17(4-3-13-27)14-22(29)15-21(28)11-9-20-10-12-23(30)25(31-2)24(20)19-7-5-18(16-26)6-8-19/h5-8,10,12,17,22,27,29-30H,3-4,9,11,13-16,26H2,1-2H3. The van der Waals surface area contributed by atoms with Crippen LogP contribution in [0.15, 0.2) is 36.4 Å². The van der Waals surface area contributed by atoms with Gasteiger partial charge in [-0.2, -0.15) is 0 Å². The summed E-state index contributed by atoms with van der Waals surface area (Å²) in [6.45, 7) is 2.61. The number of carbonyl (C=O) groups is 1. The molecule has 0 aliphatic carbocycles. The fourth-order valence-electron chi connectivity index (χ4n) is 3.90. The molecule has 0 amide bonds. The number of phenolic OH excluding ortho intramolecular Hbond substituents is 1. The molecule has 5 N–H and O–H groups in total. The maximum absolute atomic E-state index is 12.5. The Morgan fingerprint density at radius 3 is 2.48 bits per heavy atom. The van der Waals surface area contributed by atoms with Crippen LogP contribution in [0.4, 0.5) is 0 Å². The van der Waals surface area contributed by atoms with E-state index >= 15 is 0 Å². The molecule has 2 atom stereocenters. The van der Waals surface area contributed by atoms with Crippen molar-refractivity contribution in [3.05, 3.63) is 47.5 Å². The molecule has 0 bridgehead atoms. The van der Waals surface area contributed by atoms with Gasteiger partial charge in [0.2, 0.25) is 0 Å². The number of aliphatic hydroxyl groups is 2. The average molecular weight is 430 g/mol. The summed E-state index contributed by atoms with van der Waals surface area (Å²) in [5.74, 6) is 0.684. The SMILES string of the molecule is COc1c(O)ccc(CCC(=O)CC(O)CC(C)CCCO)c1-c1ccc(CN)cc1. The second kappa shape index (κ2) is 12.4. The van der Waals surface area contributed by atoms with Crippen molar-refractivity contribution in [2.45, 2.75) is 58.1 Å². The molecule has 2 aromatic rings. The molecule has 0 aliphatic rings. The number of ether oxygens (including phenoxy) is 1. The lowest BCUT2D eigenvalue weighted by Gasteiger charge is -2.17. The van der Waals surface area contributed by atoms with Crippen LogP contribution in [-0.2, 0) is 17.8 Å². The average Bonchev–Trinajstić information content (AvgIpc) is 2.76. The number of benzene rings is 2. The molecule has 2 unspecified atom stereocenters. The van der Waals surface area contributed by atoms with E-state index in [2.05, 4.69) is 0 Å². The van der Waals surface area contributed by atoms with Gasteiger partial charge in [0.15, 0.2) is 11.5 Å². The number of nitrogens with two attached hydrogens (primary N) is 1.